The molecule has 0 bridgehead atoms. The number of halogens is 1. The first-order chi connectivity index (χ1) is 10.2. The van der Waals surface area contributed by atoms with E-state index in [2.05, 4.69) is 11.1 Å². The SMILES string of the molecule is N#Cc1ccc2nc(N)n(CCc3ccc(F)cc3)c2c1. The van der Waals surface area contributed by atoms with Gasteiger partial charge in [-0.2, -0.15) is 5.26 Å². The van der Waals surface area contributed by atoms with Crippen LogP contribution in [0.5, 0.6) is 0 Å². The zero-order valence-corrected chi connectivity index (χ0v) is 11.3. The maximum atomic E-state index is 12.9. The largest absolute Gasteiger partial charge is 0.369 e. The fourth-order valence-corrected chi connectivity index (χ4v) is 2.34. The number of nitrogens with two attached hydrogens (primary N) is 1. The molecule has 0 saturated heterocycles. The molecule has 4 nitrogen and oxygen atoms in total. The third kappa shape index (κ3) is 2.56. The van der Waals surface area contributed by atoms with E-state index in [9.17, 15) is 4.39 Å². The molecule has 3 aromatic rings. The van der Waals surface area contributed by atoms with E-state index in [0.717, 1.165) is 16.6 Å². The molecule has 5 heteroatoms. The number of hydrogen-bond acceptors (Lipinski definition) is 3. The minimum atomic E-state index is -0.245. The van der Waals surface area contributed by atoms with Gasteiger partial charge in [0.1, 0.15) is 5.82 Å². The average molecular weight is 280 g/mol. The summed E-state index contributed by atoms with van der Waals surface area (Å²) in [4.78, 5) is 4.29. The van der Waals surface area contributed by atoms with Crippen LogP contribution in [0.15, 0.2) is 42.5 Å². The molecule has 1 heterocycles. The van der Waals surface area contributed by atoms with Gasteiger partial charge in [-0.1, -0.05) is 12.1 Å². The standard InChI is InChI=1S/C16H13FN4/c17-13-4-1-11(2-5-13)7-8-21-15-9-12(10-18)3-6-14(15)20-16(21)19/h1-6,9H,7-8H2,(H2,19,20). The van der Waals surface area contributed by atoms with E-state index < -0.39 is 0 Å². The van der Waals surface area contributed by atoms with Crippen molar-refractivity contribution in [2.75, 3.05) is 5.73 Å². The van der Waals surface area contributed by atoms with Gasteiger partial charge in [0.25, 0.3) is 0 Å². The maximum Gasteiger partial charge on any atom is 0.201 e. The lowest BCUT2D eigenvalue weighted by Gasteiger charge is -2.07. The van der Waals surface area contributed by atoms with Crippen molar-refractivity contribution in [1.82, 2.24) is 9.55 Å². The molecule has 0 aliphatic heterocycles. The predicted octanol–water partition coefficient (Wildman–Crippen LogP) is 2.87. The number of hydrogen-bond donors (Lipinski definition) is 1. The zero-order valence-electron chi connectivity index (χ0n) is 11.3. The minimum Gasteiger partial charge on any atom is -0.369 e. The van der Waals surface area contributed by atoms with E-state index in [1.54, 1.807) is 30.3 Å². The van der Waals surface area contributed by atoms with Gasteiger partial charge in [0.15, 0.2) is 0 Å². The van der Waals surface area contributed by atoms with E-state index >= 15 is 0 Å². The van der Waals surface area contributed by atoms with Crippen molar-refractivity contribution < 1.29 is 4.39 Å². The maximum absolute atomic E-state index is 12.9. The Balaban J connectivity index is 1.91. The monoisotopic (exact) mass is 280 g/mol. The molecule has 0 spiro atoms. The van der Waals surface area contributed by atoms with E-state index in [-0.39, 0.29) is 5.82 Å². The Morgan fingerprint density at radius 1 is 1.19 bits per heavy atom. The van der Waals surface area contributed by atoms with Crippen LogP contribution in [0, 0.1) is 17.1 Å². The van der Waals surface area contributed by atoms with Crippen LogP contribution in [0.25, 0.3) is 11.0 Å². The molecule has 2 aromatic carbocycles. The number of nitriles is 1. The van der Waals surface area contributed by atoms with E-state index in [1.807, 2.05) is 4.57 Å². The molecule has 1 aromatic heterocycles. The third-order valence-electron chi connectivity index (χ3n) is 3.44. The van der Waals surface area contributed by atoms with Crippen molar-refractivity contribution in [3.05, 3.63) is 59.4 Å². The highest BCUT2D eigenvalue weighted by atomic mass is 19.1. The van der Waals surface area contributed by atoms with E-state index in [1.165, 1.54) is 12.1 Å². The van der Waals surface area contributed by atoms with Crippen molar-refractivity contribution >= 4 is 17.0 Å². The van der Waals surface area contributed by atoms with Gasteiger partial charge in [-0.05, 0) is 42.3 Å². The third-order valence-corrected chi connectivity index (χ3v) is 3.44. The van der Waals surface area contributed by atoms with Crippen molar-refractivity contribution in [2.45, 2.75) is 13.0 Å². The summed E-state index contributed by atoms with van der Waals surface area (Å²) in [6.07, 6.45) is 0.715. The molecule has 0 fully saturated rings. The van der Waals surface area contributed by atoms with Crippen LogP contribution in [0.2, 0.25) is 0 Å². The smallest absolute Gasteiger partial charge is 0.201 e. The van der Waals surface area contributed by atoms with Gasteiger partial charge in [0, 0.05) is 6.54 Å². The lowest BCUT2D eigenvalue weighted by Crippen LogP contribution is -2.05. The topological polar surface area (TPSA) is 67.6 Å². The van der Waals surface area contributed by atoms with Crippen molar-refractivity contribution in [1.29, 1.82) is 5.26 Å². The van der Waals surface area contributed by atoms with Crippen LogP contribution >= 0.6 is 0 Å². The zero-order chi connectivity index (χ0) is 14.8. The number of aryl methyl sites for hydroxylation is 2. The first-order valence-electron chi connectivity index (χ1n) is 6.57. The number of aromatic nitrogens is 2. The molecule has 0 amide bonds. The molecule has 0 unspecified atom stereocenters. The van der Waals surface area contributed by atoms with Crippen LogP contribution in [0.3, 0.4) is 0 Å². The molecule has 104 valence electrons. The highest BCUT2D eigenvalue weighted by Crippen LogP contribution is 2.20. The van der Waals surface area contributed by atoms with Gasteiger partial charge in [0.05, 0.1) is 22.7 Å². The normalized spacial score (nSPS) is 10.7. The van der Waals surface area contributed by atoms with Crippen LogP contribution in [-0.4, -0.2) is 9.55 Å². The molecule has 3 rings (SSSR count). The Hall–Kier alpha value is -2.87. The fourth-order valence-electron chi connectivity index (χ4n) is 2.34. The summed E-state index contributed by atoms with van der Waals surface area (Å²) in [6.45, 7) is 0.628. The second kappa shape index (κ2) is 5.25. The number of fused-ring (bicyclic) bond motifs is 1. The first kappa shape index (κ1) is 13.1. The van der Waals surface area contributed by atoms with Crippen LogP contribution < -0.4 is 5.73 Å². The Labute approximate surface area is 121 Å². The summed E-state index contributed by atoms with van der Waals surface area (Å²) >= 11 is 0. The Morgan fingerprint density at radius 3 is 2.67 bits per heavy atom. The highest BCUT2D eigenvalue weighted by molar-refractivity contribution is 5.79. The van der Waals surface area contributed by atoms with Gasteiger partial charge in [0.2, 0.25) is 5.95 Å². The summed E-state index contributed by atoms with van der Waals surface area (Å²) in [5.74, 6) is 0.173. The Morgan fingerprint density at radius 2 is 1.95 bits per heavy atom. The molecular formula is C16H13FN4. The van der Waals surface area contributed by atoms with E-state index in [4.69, 9.17) is 11.0 Å². The van der Waals surface area contributed by atoms with Crippen LogP contribution in [-0.2, 0) is 13.0 Å². The van der Waals surface area contributed by atoms with Crippen LogP contribution in [0.1, 0.15) is 11.1 Å². The summed E-state index contributed by atoms with van der Waals surface area (Å²) in [6, 6.07) is 13.8. The van der Waals surface area contributed by atoms with Crippen molar-refractivity contribution in [2.24, 2.45) is 0 Å². The number of anilines is 1. The molecule has 0 atom stereocenters. The summed E-state index contributed by atoms with van der Waals surface area (Å²) in [5.41, 5.74) is 9.15. The summed E-state index contributed by atoms with van der Waals surface area (Å²) < 4.78 is 14.8. The van der Waals surface area contributed by atoms with Gasteiger partial charge >= 0.3 is 0 Å². The minimum absolute atomic E-state index is 0.245. The molecule has 0 aliphatic carbocycles. The van der Waals surface area contributed by atoms with Crippen LogP contribution in [0.4, 0.5) is 10.3 Å². The number of nitrogen functional groups attached to an aromatic ring is 1. The average Bonchev–Trinajstić information content (AvgIpc) is 2.81. The molecule has 21 heavy (non-hydrogen) atoms. The molecule has 2 N–H and O–H groups in total. The summed E-state index contributed by atoms with van der Waals surface area (Å²) in [5, 5.41) is 8.98. The Kier molecular flexibility index (Phi) is 3.28. The first-order valence-corrected chi connectivity index (χ1v) is 6.57. The number of rotatable bonds is 3. The summed E-state index contributed by atoms with van der Waals surface area (Å²) in [7, 11) is 0. The number of imidazole rings is 1. The van der Waals surface area contributed by atoms with E-state index in [0.29, 0.717) is 24.5 Å². The molecular weight excluding hydrogens is 267 g/mol. The molecule has 0 aliphatic rings. The van der Waals surface area contributed by atoms with Crippen molar-refractivity contribution in [3.63, 3.8) is 0 Å². The quantitative estimate of drug-likeness (QED) is 0.802. The lowest BCUT2D eigenvalue weighted by atomic mass is 10.1. The van der Waals surface area contributed by atoms with Gasteiger partial charge in [-0.25, -0.2) is 9.37 Å². The fraction of sp³-hybridized carbons (Fsp3) is 0.125. The predicted molar refractivity (Wildman–Crippen MR) is 79.0 cm³/mol. The number of nitrogens with zero attached hydrogens (tertiary/aromatic N) is 3. The number of benzene rings is 2. The van der Waals surface area contributed by atoms with Gasteiger partial charge in [-0.15, -0.1) is 0 Å². The second-order valence-electron chi connectivity index (χ2n) is 4.81. The van der Waals surface area contributed by atoms with Gasteiger partial charge in [-0.3, -0.25) is 0 Å². The Bertz CT molecular complexity index is 828. The molecule has 0 radical (unpaired) electrons. The highest BCUT2D eigenvalue weighted by Gasteiger charge is 2.09. The van der Waals surface area contributed by atoms with Crippen molar-refractivity contribution in [3.8, 4) is 6.07 Å². The van der Waals surface area contributed by atoms with Gasteiger partial charge < -0.3 is 10.3 Å². The lowest BCUT2D eigenvalue weighted by molar-refractivity contribution is 0.626. The second-order valence-corrected chi connectivity index (χ2v) is 4.81. The molecule has 0 saturated carbocycles.